The van der Waals surface area contributed by atoms with Gasteiger partial charge in [0.05, 0.1) is 35.9 Å². The lowest BCUT2D eigenvalue weighted by Gasteiger charge is -2.19. The highest BCUT2D eigenvalue weighted by Gasteiger charge is 2.26. The summed E-state index contributed by atoms with van der Waals surface area (Å²) in [5.74, 6) is 0.412. The standard InChI is InChI=1S/C13H18N4OS/c14-13(10-2-4-18-6-10)12-5-15-8-17(12)3-1-11-7-19-9-16-11/h5,7-10,13H,1-4,6,14H2. The molecule has 0 radical (unpaired) electrons. The summed E-state index contributed by atoms with van der Waals surface area (Å²) in [5, 5.41) is 2.08. The molecular weight excluding hydrogens is 260 g/mol. The molecule has 3 heterocycles. The number of nitrogens with zero attached hydrogens (tertiary/aromatic N) is 3. The minimum atomic E-state index is 0.0143. The fourth-order valence-corrected chi connectivity index (χ4v) is 3.06. The van der Waals surface area contributed by atoms with Gasteiger partial charge in [0.25, 0.3) is 0 Å². The minimum absolute atomic E-state index is 0.0143. The molecule has 0 amide bonds. The van der Waals surface area contributed by atoms with Crippen molar-refractivity contribution in [1.29, 1.82) is 0 Å². The smallest absolute Gasteiger partial charge is 0.0948 e. The average molecular weight is 278 g/mol. The van der Waals surface area contributed by atoms with Crippen molar-refractivity contribution >= 4 is 11.3 Å². The van der Waals surface area contributed by atoms with Crippen molar-refractivity contribution in [2.24, 2.45) is 11.7 Å². The number of imidazole rings is 1. The monoisotopic (exact) mass is 278 g/mol. The van der Waals surface area contributed by atoms with Crippen LogP contribution in [0, 0.1) is 5.92 Å². The molecule has 19 heavy (non-hydrogen) atoms. The number of aromatic nitrogens is 3. The van der Waals surface area contributed by atoms with Gasteiger partial charge in [-0.2, -0.15) is 0 Å². The zero-order chi connectivity index (χ0) is 13.1. The van der Waals surface area contributed by atoms with E-state index in [0.717, 1.165) is 44.0 Å². The second-order valence-corrected chi connectivity index (χ2v) is 5.61. The Labute approximate surface area is 116 Å². The number of aryl methyl sites for hydroxylation is 2. The third-order valence-electron chi connectivity index (χ3n) is 3.65. The van der Waals surface area contributed by atoms with Gasteiger partial charge in [0.2, 0.25) is 0 Å². The van der Waals surface area contributed by atoms with Crippen molar-refractivity contribution in [3.8, 4) is 0 Å². The summed E-state index contributed by atoms with van der Waals surface area (Å²) in [5.41, 5.74) is 10.4. The van der Waals surface area contributed by atoms with Crippen molar-refractivity contribution in [2.75, 3.05) is 13.2 Å². The number of nitrogens with two attached hydrogens (primary N) is 1. The first-order chi connectivity index (χ1) is 9.34. The Bertz CT molecular complexity index is 504. The molecule has 0 saturated carbocycles. The van der Waals surface area contributed by atoms with Crippen LogP contribution in [0.5, 0.6) is 0 Å². The second-order valence-electron chi connectivity index (χ2n) is 4.89. The average Bonchev–Trinajstić information content (AvgIpc) is 3.16. The van der Waals surface area contributed by atoms with E-state index in [0.29, 0.717) is 5.92 Å². The number of hydrogen-bond acceptors (Lipinski definition) is 5. The van der Waals surface area contributed by atoms with Crippen LogP contribution in [-0.2, 0) is 17.7 Å². The molecule has 5 nitrogen and oxygen atoms in total. The van der Waals surface area contributed by atoms with E-state index in [1.54, 1.807) is 11.3 Å². The Kier molecular flexibility index (Phi) is 3.91. The molecule has 1 aliphatic heterocycles. The van der Waals surface area contributed by atoms with E-state index >= 15 is 0 Å². The summed E-state index contributed by atoms with van der Waals surface area (Å²) >= 11 is 1.63. The van der Waals surface area contributed by atoms with E-state index in [9.17, 15) is 0 Å². The van der Waals surface area contributed by atoms with Crippen LogP contribution < -0.4 is 5.73 Å². The van der Waals surface area contributed by atoms with Gasteiger partial charge in [-0.05, 0) is 6.42 Å². The van der Waals surface area contributed by atoms with E-state index < -0.39 is 0 Å². The van der Waals surface area contributed by atoms with E-state index in [2.05, 4.69) is 19.9 Å². The quantitative estimate of drug-likeness (QED) is 0.902. The lowest BCUT2D eigenvalue weighted by atomic mass is 9.97. The lowest BCUT2D eigenvalue weighted by Crippen LogP contribution is -2.24. The summed E-state index contributed by atoms with van der Waals surface area (Å²) in [6, 6.07) is 0.0143. The first-order valence-corrected chi connectivity index (χ1v) is 7.49. The molecule has 0 aliphatic carbocycles. The van der Waals surface area contributed by atoms with Crippen LogP contribution in [0.1, 0.15) is 23.9 Å². The molecule has 1 aliphatic rings. The Morgan fingerprint density at radius 3 is 3.26 bits per heavy atom. The highest BCUT2D eigenvalue weighted by molar-refractivity contribution is 7.07. The topological polar surface area (TPSA) is 66.0 Å². The summed E-state index contributed by atoms with van der Waals surface area (Å²) in [6.07, 6.45) is 5.70. The number of ether oxygens (including phenoxy) is 1. The normalized spacial score (nSPS) is 20.8. The zero-order valence-corrected chi connectivity index (χ0v) is 11.6. The number of hydrogen-bond donors (Lipinski definition) is 1. The van der Waals surface area contributed by atoms with Gasteiger partial charge in [0.1, 0.15) is 0 Å². The summed E-state index contributed by atoms with van der Waals surface area (Å²) in [7, 11) is 0. The van der Waals surface area contributed by atoms with Gasteiger partial charge in [-0.15, -0.1) is 11.3 Å². The molecule has 6 heteroatoms. The van der Waals surface area contributed by atoms with Gasteiger partial charge in [-0.1, -0.05) is 0 Å². The van der Waals surface area contributed by atoms with Gasteiger partial charge in [-0.25, -0.2) is 9.97 Å². The van der Waals surface area contributed by atoms with Gasteiger partial charge < -0.3 is 15.0 Å². The predicted molar refractivity (Wildman–Crippen MR) is 73.9 cm³/mol. The van der Waals surface area contributed by atoms with Gasteiger partial charge in [0, 0.05) is 37.1 Å². The SMILES string of the molecule is NC(c1cncn1CCc1cscn1)C1CCOC1. The van der Waals surface area contributed by atoms with E-state index in [4.69, 9.17) is 10.5 Å². The molecule has 0 aromatic carbocycles. The fourth-order valence-electron chi connectivity index (χ4n) is 2.47. The number of thiazole rings is 1. The minimum Gasteiger partial charge on any atom is -0.381 e. The fraction of sp³-hybridized carbons (Fsp3) is 0.538. The van der Waals surface area contributed by atoms with Crippen LogP contribution in [0.25, 0.3) is 0 Å². The van der Waals surface area contributed by atoms with Crippen molar-refractivity contribution in [3.63, 3.8) is 0 Å². The summed E-state index contributed by atoms with van der Waals surface area (Å²) in [4.78, 5) is 8.54. The first-order valence-electron chi connectivity index (χ1n) is 6.55. The van der Waals surface area contributed by atoms with Crippen LogP contribution in [0.2, 0.25) is 0 Å². The molecule has 2 aromatic heterocycles. The zero-order valence-electron chi connectivity index (χ0n) is 10.7. The Hall–Kier alpha value is -1.24. The maximum absolute atomic E-state index is 6.34. The van der Waals surface area contributed by atoms with Crippen LogP contribution in [0.4, 0.5) is 0 Å². The number of rotatable bonds is 5. The molecule has 2 atom stereocenters. The molecule has 102 valence electrons. The first kappa shape index (κ1) is 12.8. The van der Waals surface area contributed by atoms with E-state index in [-0.39, 0.29) is 6.04 Å². The molecule has 0 bridgehead atoms. The highest BCUT2D eigenvalue weighted by Crippen LogP contribution is 2.26. The van der Waals surface area contributed by atoms with Gasteiger partial charge >= 0.3 is 0 Å². The highest BCUT2D eigenvalue weighted by atomic mass is 32.1. The molecule has 3 rings (SSSR count). The molecule has 0 spiro atoms. The van der Waals surface area contributed by atoms with Crippen LogP contribution >= 0.6 is 11.3 Å². The predicted octanol–water partition coefficient (Wildman–Crippen LogP) is 1.62. The molecule has 2 aromatic rings. The molecule has 1 saturated heterocycles. The van der Waals surface area contributed by atoms with Crippen LogP contribution in [0.3, 0.4) is 0 Å². The van der Waals surface area contributed by atoms with E-state index in [1.807, 2.05) is 18.0 Å². The molecule has 1 fully saturated rings. The van der Waals surface area contributed by atoms with Crippen molar-refractivity contribution in [1.82, 2.24) is 14.5 Å². The van der Waals surface area contributed by atoms with E-state index in [1.165, 1.54) is 0 Å². The summed E-state index contributed by atoms with van der Waals surface area (Å²) < 4.78 is 7.56. The molecule has 2 N–H and O–H groups in total. The van der Waals surface area contributed by atoms with Crippen molar-refractivity contribution < 1.29 is 4.74 Å². The van der Waals surface area contributed by atoms with Gasteiger partial charge in [-0.3, -0.25) is 0 Å². The van der Waals surface area contributed by atoms with Crippen LogP contribution in [-0.4, -0.2) is 27.7 Å². The Morgan fingerprint density at radius 2 is 2.53 bits per heavy atom. The van der Waals surface area contributed by atoms with Crippen molar-refractivity contribution in [3.05, 3.63) is 34.8 Å². The third kappa shape index (κ3) is 2.86. The molecular formula is C13H18N4OS. The summed E-state index contributed by atoms with van der Waals surface area (Å²) in [6.45, 7) is 2.46. The maximum atomic E-state index is 6.34. The van der Waals surface area contributed by atoms with Gasteiger partial charge in [0.15, 0.2) is 0 Å². The Balaban J connectivity index is 1.67. The second kappa shape index (κ2) is 5.81. The molecule has 2 unspecified atom stereocenters. The third-order valence-corrected chi connectivity index (χ3v) is 4.29. The van der Waals surface area contributed by atoms with Crippen LogP contribution in [0.15, 0.2) is 23.4 Å². The van der Waals surface area contributed by atoms with Crippen molar-refractivity contribution in [2.45, 2.75) is 25.4 Å². The maximum Gasteiger partial charge on any atom is 0.0948 e. The largest absolute Gasteiger partial charge is 0.381 e. The lowest BCUT2D eigenvalue weighted by molar-refractivity contribution is 0.180. The Morgan fingerprint density at radius 1 is 1.58 bits per heavy atom.